The Labute approximate surface area is 86.0 Å². The zero-order valence-electron chi connectivity index (χ0n) is 4.94. The lowest BCUT2D eigenvalue weighted by Crippen LogP contribution is -2.25. The molecule has 0 rings (SSSR count). The minimum atomic E-state index is -2.20. The predicted octanol–water partition coefficient (Wildman–Crippen LogP) is 1.82. The van der Waals surface area contributed by atoms with Crippen LogP contribution in [0.25, 0.3) is 0 Å². The molecule has 3 nitrogen and oxygen atoms in total. The van der Waals surface area contributed by atoms with Gasteiger partial charge in [-0.3, -0.25) is 4.79 Å². The highest BCUT2D eigenvalue weighted by Gasteiger charge is 2.34. The fourth-order valence-electron chi connectivity index (χ4n) is 0.189. The van der Waals surface area contributed by atoms with Crippen molar-refractivity contribution in [3.05, 3.63) is 0 Å². The Balaban J connectivity index is 3.99. The van der Waals surface area contributed by atoms with E-state index >= 15 is 0 Å². The Bertz CT molecular complexity index is 176. The maximum absolute atomic E-state index is 10.6. The van der Waals surface area contributed by atoms with Crippen molar-refractivity contribution in [1.82, 2.24) is 0 Å². The number of hydrogen-bond donors (Lipinski definition) is 0. The monoisotopic (exact) mass is 282 g/mol. The molecular weight excluding hydrogens is 282 g/mol. The lowest BCUT2D eigenvalue weighted by molar-refractivity contribution is -0.156. The van der Waals surface area contributed by atoms with Gasteiger partial charge in [0.1, 0.15) is 5.33 Å². The number of hydrogen-bond acceptors (Lipinski definition) is 3. The molecule has 0 amide bonds. The predicted molar refractivity (Wildman–Crippen MR) is 45.2 cm³/mol. The standard InChI is InChI=1S/C4H2BrCl3O3/c5-1-2(9)11-3(10)4(6,7)8/h1H2. The SMILES string of the molecule is O=C(CBr)OC(=O)C(Cl)(Cl)Cl. The van der Waals surface area contributed by atoms with Crippen LogP contribution in [-0.2, 0) is 14.3 Å². The Hall–Kier alpha value is 0.490. The van der Waals surface area contributed by atoms with Crippen molar-refractivity contribution in [2.45, 2.75) is 3.79 Å². The van der Waals surface area contributed by atoms with Gasteiger partial charge in [-0.1, -0.05) is 50.7 Å². The summed E-state index contributed by atoms with van der Waals surface area (Å²) in [6, 6.07) is 0. The fraction of sp³-hybridized carbons (Fsp3) is 0.500. The lowest BCUT2D eigenvalue weighted by Gasteiger charge is -2.07. The molecule has 0 aromatic carbocycles. The van der Waals surface area contributed by atoms with Gasteiger partial charge in [-0.25, -0.2) is 4.79 Å². The van der Waals surface area contributed by atoms with Crippen molar-refractivity contribution in [2.24, 2.45) is 0 Å². The Kier molecular flexibility index (Phi) is 4.70. The highest BCUT2D eigenvalue weighted by molar-refractivity contribution is 9.09. The van der Waals surface area contributed by atoms with E-state index in [0.29, 0.717) is 0 Å². The van der Waals surface area contributed by atoms with E-state index in [1.54, 1.807) is 0 Å². The van der Waals surface area contributed by atoms with Gasteiger partial charge in [0, 0.05) is 0 Å². The summed E-state index contributed by atoms with van der Waals surface area (Å²) in [6.07, 6.45) is 0. The topological polar surface area (TPSA) is 43.4 Å². The van der Waals surface area contributed by atoms with Crippen LogP contribution in [0.4, 0.5) is 0 Å². The van der Waals surface area contributed by atoms with Gasteiger partial charge in [0.25, 0.3) is 3.79 Å². The number of halogens is 4. The first-order valence-corrected chi connectivity index (χ1v) is 4.51. The van der Waals surface area contributed by atoms with E-state index < -0.39 is 15.7 Å². The Morgan fingerprint density at radius 1 is 1.36 bits per heavy atom. The second-order valence-electron chi connectivity index (χ2n) is 1.39. The molecule has 11 heavy (non-hydrogen) atoms. The normalized spacial score (nSPS) is 10.9. The average molecular weight is 284 g/mol. The summed E-state index contributed by atoms with van der Waals surface area (Å²) in [5.41, 5.74) is 0. The van der Waals surface area contributed by atoms with E-state index in [4.69, 9.17) is 34.8 Å². The first-order valence-electron chi connectivity index (χ1n) is 2.25. The number of alkyl halides is 4. The van der Waals surface area contributed by atoms with Gasteiger partial charge in [-0.2, -0.15) is 0 Å². The third kappa shape index (κ3) is 4.85. The van der Waals surface area contributed by atoms with Gasteiger partial charge >= 0.3 is 11.9 Å². The Morgan fingerprint density at radius 2 is 1.82 bits per heavy atom. The molecule has 0 saturated heterocycles. The van der Waals surface area contributed by atoms with E-state index in [-0.39, 0.29) is 5.33 Å². The quantitative estimate of drug-likeness (QED) is 0.419. The van der Waals surface area contributed by atoms with E-state index in [0.717, 1.165) is 0 Å². The number of rotatable bonds is 1. The summed E-state index contributed by atoms with van der Waals surface area (Å²) < 4.78 is 1.85. The van der Waals surface area contributed by atoms with Crippen LogP contribution in [0.1, 0.15) is 0 Å². The second kappa shape index (κ2) is 4.50. The summed E-state index contributed by atoms with van der Waals surface area (Å²) in [4.78, 5) is 21.0. The van der Waals surface area contributed by atoms with Crippen molar-refractivity contribution >= 4 is 62.7 Å². The van der Waals surface area contributed by atoms with Gasteiger partial charge in [0.2, 0.25) is 0 Å². The summed E-state index contributed by atoms with van der Waals surface area (Å²) in [5, 5.41) is -0.126. The average Bonchev–Trinajstić information content (AvgIpc) is 1.85. The smallest absolute Gasteiger partial charge is 0.366 e. The highest BCUT2D eigenvalue weighted by atomic mass is 79.9. The molecule has 7 heteroatoms. The first-order chi connectivity index (χ1) is 4.88. The van der Waals surface area contributed by atoms with Crippen molar-refractivity contribution in [3.8, 4) is 0 Å². The van der Waals surface area contributed by atoms with E-state index in [1.165, 1.54) is 0 Å². The van der Waals surface area contributed by atoms with E-state index in [1.807, 2.05) is 0 Å². The molecule has 0 aliphatic rings. The maximum Gasteiger partial charge on any atom is 0.366 e. The molecule has 0 unspecified atom stereocenters. The highest BCUT2D eigenvalue weighted by Crippen LogP contribution is 2.27. The third-order valence-corrected chi connectivity index (χ3v) is 1.47. The van der Waals surface area contributed by atoms with Gasteiger partial charge in [-0.05, 0) is 0 Å². The number of carbonyl (C=O) groups is 2. The molecule has 0 aromatic rings. The molecule has 0 aliphatic heterocycles. The summed E-state index contributed by atoms with van der Waals surface area (Å²) >= 11 is 18.0. The molecule has 0 spiro atoms. The molecule has 0 aromatic heterocycles. The van der Waals surface area contributed by atoms with Crippen LogP contribution in [0.2, 0.25) is 0 Å². The third-order valence-electron chi connectivity index (χ3n) is 0.547. The largest absolute Gasteiger partial charge is 0.389 e. The molecule has 0 aliphatic carbocycles. The number of carbonyl (C=O) groups excluding carboxylic acids is 2. The van der Waals surface area contributed by atoms with E-state index in [9.17, 15) is 9.59 Å². The lowest BCUT2D eigenvalue weighted by atomic mass is 10.7. The fourth-order valence-corrected chi connectivity index (χ4v) is 0.419. The Morgan fingerprint density at radius 3 is 2.09 bits per heavy atom. The molecule has 0 bridgehead atoms. The van der Waals surface area contributed by atoms with Crippen molar-refractivity contribution in [1.29, 1.82) is 0 Å². The van der Waals surface area contributed by atoms with Crippen molar-refractivity contribution in [3.63, 3.8) is 0 Å². The molecule has 0 heterocycles. The molecule has 0 N–H and O–H groups in total. The van der Waals surface area contributed by atoms with E-state index in [2.05, 4.69) is 20.7 Å². The summed E-state index contributed by atoms with van der Waals surface area (Å²) in [5.74, 6) is -2.01. The van der Waals surface area contributed by atoms with Gasteiger partial charge in [-0.15, -0.1) is 0 Å². The van der Waals surface area contributed by atoms with Crippen LogP contribution in [0.15, 0.2) is 0 Å². The maximum atomic E-state index is 10.6. The molecule has 0 atom stereocenters. The first kappa shape index (κ1) is 11.5. The van der Waals surface area contributed by atoms with Crippen LogP contribution in [0.3, 0.4) is 0 Å². The zero-order valence-corrected chi connectivity index (χ0v) is 8.80. The van der Waals surface area contributed by atoms with Crippen molar-refractivity contribution in [2.75, 3.05) is 5.33 Å². The second-order valence-corrected chi connectivity index (χ2v) is 4.23. The minimum Gasteiger partial charge on any atom is -0.389 e. The summed E-state index contributed by atoms with van der Waals surface area (Å²) in [7, 11) is 0. The van der Waals surface area contributed by atoms with Crippen molar-refractivity contribution < 1.29 is 14.3 Å². The van der Waals surface area contributed by atoms with Gasteiger partial charge in [0.05, 0.1) is 0 Å². The molecular formula is C4H2BrCl3O3. The molecule has 0 fully saturated rings. The zero-order chi connectivity index (χ0) is 9.07. The minimum absolute atomic E-state index is 0.126. The van der Waals surface area contributed by atoms with Crippen LogP contribution >= 0.6 is 50.7 Å². The van der Waals surface area contributed by atoms with Crippen LogP contribution in [0, 0.1) is 0 Å². The van der Waals surface area contributed by atoms with Gasteiger partial charge < -0.3 is 4.74 Å². The van der Waals surface area contributed by atoms with Crippen LogP contribution < -0.4 is 0 Å². The molecule has 64 valence electrons. The van der Waals surface area contributed by atoms with Gasteiger partial charge in [0.15, 0.2) is 0 Å². The molecule has 0 radical (unpaired) electrons. The number of ether oxygens (including phenoxy) is 1. The number of esters is 2. The van der Waals surface area contributed by atoms with Crippen LogP contribution in [0.5, 0.6) is 0 Å². The summed E-state index contributed by atoms with van der Waals surface area (Å²) in [6.45, 7) is 0. The van der Waals surface area contributed by atoms with Crippen LogP contribution in [-0.4, -0.2) is 21.1 Å². The molecule has 0 saturated carbocycles.